The van der Waals surface area contributed by atoms with E-state index in [4.69, 9.17) is 19.9 Å². The molecule has 0 saturated carbocycles. The Labute approximate surface area is 106 Å². The van der Waals surface area contributed by atoms with Gasteiger partial charge in [0.1, 0.15) is 0 Å². The second-order valence-electron chi connectivity index (χ2n) is 3.98. The van der Waals surface area contributed by atoms with Crippen LogP contribution in [0.1, 0.15) is 18.9 Å². The summed E-state index contributed by atoms with van der Waals surface area (Å²) in [6.45, 7) is 3.27. The number of ether oxygens (including phenoxy) is 3. The average molecular weight is 251 g/mol. The van der Waals surface area contributed by atoms with Gasteiger partial charge in [0, 0.05) is 13.0 Å². The molecule has 98 valence electrons. The second kappa shape index (κ2) is 5.73. The Balaban J connectivity index is 2.17. The van der Waals surface area contributed by atoms with E-state index in [1.165, 1.54) is 0 Å². The molecule has 0 aliphatic carbocycles. The number of nitrogens with two attached hydrogens (primary N) is 1. The van der Waals surface area contributed by atoms with Crippen LogP contribution in [0.15, 0.2) is 18.2 Å². The number of carbonyl (C=O) groups excluding carboxylic acids is 1. The quantitative estimate of drug-likeness (QED) is 0.797. The monoisotopic (exact) mass is 251 g/mol. The van der Waals surface area contributed by atoms with Gasteiger partial charge < -0.3 is 19.9 Å². The summed E-state index contributed by atoms with van der Waals surface area (Å²) in [5.41, 5.74) is 6.54. The molecule has 1 unspecified atom stereocenters. The van der Waals surface area contributed by atoms with E-state index >= 15 is 0 Å². The molecular formula is C13H17NO4. The minimum absolute atomic E-state index is 0.319. The molecular weight excluding hydrogens is 234 g/mol. The van der Waals surface area contributed by atoms with Gasteiger partial charge in [-0.3, -0.25) is 0 Å². The van der Waals surface area contributed by atoms with E-state index in [1.54, 1.807) is 6.07 Å². The van der Waals surface area contributed by atoms with Gasteiger partial charge in [0.05, 0.1) is 13.2 Å². The van der Waals surface area contributed by atoms with Crippen LogP contribution in [-0.2, 0) is 16.1 Å². The van der Waals surface area contributed by atoms with Crippen molar-refractivity contribution in [3.05, 3.63) is 23.8 Å². The van der Waals surface area contributed by atoms with Gasteiger partial charge in [-0.15, -0.1) is 0 Å². The van der Waals surface area contributed by atoms with E-state index in [9.17, 15) is 4.79 Å². The van der Waals surface area contributed by atoms with Crippen LogP contribution in [0.4, 0.5) is 0 Å². The van der Waals surface area contributed by atoms with Gasteiger partial charge in [0.15, 0.2) is 17.6 Å². The molecule has 5 heteroatoms. The smallest absolute Gasteiger partial charge is 0.347 e. The summed E-state index contributed by atoms with van der Waals surface area (Å²) < 4.78 is 16.0. The third-order valence-electron chi connectivity index (χ3n) is 2.70. The molecule has 1 aromatic rings. The van der Waals surface area contributed by atoms with Crippen molar-refractivity contribution in [3.63, 3.8) is 0 Å². The molecule has 0 amide bonds. The van der Waals surface area contributed by atoms with Crippen LogP contribution >= 0.6 is 0 Å². The Morgan fingerprint density at radius 3 is 2.89 bits per heavy atom. The molecule has 0 radical (unpaired) electrons. The summed E-state index contributed by atoms with van der Waals surface area (Å²) in [7, 11) is 0. The zero-order valence-electron chi connectivity index (χ0n) is 10.3. The summed E-state index contributed by atoms with van der Waals surface area (Å²) in [6.07, 6.45) is 0.0381. The zero-order chi connectivity index (χ0) is 13.0. The minimum atomic E-state index is -0.534. The number of hydrogen-bond donors (Lipinski definition) is 1. The van der Waals surface area contributed by atoms with E-state index in [0.29, 0.717) is 37.7 Å². The highest BCUT2D eigenvalue weighted by Gasteiger charge is 2.29. The minimum Gasteiger partial charge on any atom is -0.490 e. The van der Waals surface area contributed by atoms with Crippen LogP contribution in [0.25, 0.3) is 0 Å². The summed E-state index contributed by atoms with van der Waals surface area (Å²) >= 11 is 0. The molecule has 1 atom stereocenters. The molecule has 0 aromatic heterocycles. The first-order chi connectivity index (χ1) is 8.74. The Bertz CT molecular complexity index is 433. The Morgan fingerprint density at radius 2 is 2.28 bits per heavy atom. The van der Waals surface area contributed by atoms with E-state index in [1.807, 2.05) is 19.1 Å². The molecule has 1 aliphatic heterocycles. The summed E-state index contributed by atoms with van der Waals surface area (Å²) in [5, 5.41) is 0. The fourth-order valence-corrected chi connectivity index (χ4v) is 1.78. The number of esters is 1. The third kappa shape index (κ3) is 2.73. The van der Waals surface area contributed by atoms with Crippen molar-refractivity contribution in [1.82, 2.24) is 0 Å². The summed E-state index contributed by atoms with van der Waals surface area (Å²) in [5.74, 6) is 0.846. The first-order valence-electron chi connectivity index (χ1n) is 6.03. The lowest BCUT2D eigenvalue weighted by molar-refractivity contribution is -0.143. The topological polar surface area (TPSA) is 70.8 Å². The molecule has 2 rings (SSSR count). The fraction of sp³-hybridized carbons (Fsp3) is 0.462. The number of benzene rings is 1. The van der Waals surface area contributed by atoms with Crippen molar-refractivity contribution in [2.24, 2.45) is 5.73 Å². The second-order valence-corrected chi connectivity index (χ2v) is 3.98. The lowest BCUT2D eigenvalue weighted by atomic mass is 10.2. The van der Waals surface area contributed by atoms with Gasteiger partial charge in [-0.2, -0.15) is 0 Å². The van der Waals surface area contributed by atoms with E-state index in [-0.39, 0.29) is 5.97 Å². The van der Waals surface area contributed by atoms with Crippen LogP contribution in [0.2, 0.25) is 0 Å². The van der Waals surface area contributed by atoms with E-state index < -0.39 is 6.10 Å². The largest absolute Gasteiger partial charge is 0.490 e. The molecule has 0 spiro atoms. The van der Waals surface area contributed by atoms with E-state index in [0.717, 1.165) is 5.56 Å². The molecule has 1 saturated heterocycles. The van der Waals surface area contributed by atoms with E-state index in [2.05, 4.69) is 0 Å². The molecule has 1 aromatic carbocycles. The molecule has 0 bridgehead atoms. The summed E-state index contributed by atoms with van der Waals surface area (Å²) in [6, 6.07) is 5.47. The normalized spacial score (nSPS) is 18.6. The van der Waals surface area contributed by atoms with Crippen molar-refractivity contribution in [3.8, 4) is 11.5 Å². The summed E-state index contributed by atoms with van der Waals surface area (Å²) in [4.78, 5) is 11.4. The zero-order valence-corrected chi connectivity index (χ0v) is 10.3. The van der Waals surface area contributed by atoms with Crippen LogP contribution in [0.3, 0.4) is 0 Å². The van der Waals surface area contributed by atoms with Crippen LogP contribution < -0.4 is 15.2 Å². The van der Waals surface area contributed by atoms with Gasteiger partial charge in [0.2, 0.25) is 0 Å². The van der Waals surface area contributed by atoms with Gasteiger partial charge >= 0.3 is 5.97 Å². The van der Waals surface area contributed by atoms with Gasteiger partial charge in [-0.1, -0.05) is 6.07 Å². The maximum atomic E-state index is 11.4. The van der Waals surface area contributed by atoms with Crippen molar-refractivity contribution >= 4 is 5.97 Å². The van der Waals surface area contributed by atoms with Gasteiger partial charge in [-0.25, -0.2) is 4.79 Å². The highest BCUT2D eigenvalue weighted by molar-refractivity contribution is 5.77. The third-order valence-corrected chi connectivity index (χ3v) is 2.70. The maximum Gasteiger partial charge on any atom is 0.347 e. The van der Waals surface area contributed by atoms with Crippen LogP contribution in [-0.4, -0.2) is 25.3 Å². The maximum absolute atomic E-state index is 11.4. The molecule has 5 nitrogen and oxygen atoms in total. The fourth-order valence-electron chi connectivity index (χ4n) is 1.78. The first kappa shape index (κ1) is 12.7. The van der Waals surface area contributed by atoms with Crippen LogP contribution in [0.5, 0.6) is 11.5 Å². The lowest BCUT2D eigenvalue weighted by Gasteiger charge is -2.15. The molecule has 1 aliphatic rings. The van der Waals surface area contributed by atoms with Crippen LogP contribution in [0, 0.1) is 0 Å². The standard InChI is InChI=1S/C13H17NO4/c1-2-16-12-7-9(8-14)3-4-10(12)18-11-5-6-17-13(11)15/h3-4,7,11H,2,5-6,8,14H2,1H3. The van der Waals surface area contributed by atoms with Crippen molar-refractivity contribution in [1.29, 1.82) is 0 Å². The Kier molecular flexibility index (Phi) is 4.04. The number of cyclic esters (lactones) is 1. The van der Waals surface area contributed by atoms with Crippen molar-refractivity contribution in [2.75, 3.05) is 13.2 Å². The molecule has 1 heterocycles. The number of carbonyl (C=O) groups is 1. The number of hydrogen-bond acceptors (Lipinski definition) is 5. The lowest BCUT2D eigenvalue weighted by Crippen LogP contribution is -2.22. The first-order valence-corrected chi connectivity index (χ1v) is 6.03. The Hall–Kier alpha value is -1.75. The molecule has 18 heavy (non-hydrogen) atoms. The highest BCUT2D eigenvalue weighted by Crippen LogP contribution is 2.30. The van der Waals surface area contributed by atoms with Gasteiger partial charge in [-0.05, 0) is 24.6 Å². The Morgan fingerprint density at radius 1 is 1.44 bits per heavy atom. The predicted octanol–water partition coefficient (Wildman–Crippen LogP) is 1.24. The number of rotatable bonds is 5. The van der Waals surface area contributed by atoms with Crippen molar-refractivity contribution < 1.29 is 19.0 Å². The highest BCUT2D eigenvalue weighted by atomic mass is 16.6. The molecule has 2 N–H and O–H groups in total. The van der Waals surface area contributed by atoms with Crippen molar-refractivity contribution in [2.45, 2.75) is 26.0 Å². The predicted molar refractivity (Wildman–Crippen MR) is 65.5 cm³/mol. The SMILES string of the molecule is CCOc1cc(CN)ccc1OC1CCOC1=O. The van der Waals surface area contributed by atoms with Gasteiger partial charge in [0.25, 0.3) is 0 Å². The molecule has 1 fully saturated rings. The average Bonchev–Trinajstić information content (AvgIpc) is 2.77.